The Hall–Kier alpha value is -0.600. The van der Waals surface area contributed by atoms with Gasteiger partial charge in [-0.3, -0.25) is 4.79 Å². The summed E-state index contributed by atoms with van der Waals surface area (Å²) >= 11 is 6.92. The van der Waals surface area contributed by atoms with Crippen molar-refractivity contribution in [2.24, 2.45) is 0 Å². The third kappa shape index (κ3) is 2.99. The van der Waals surface area contributed by atoms with Crippen molar-refractivity contribution in [3.63, 3.8) is 0 Å². The maximum absolute atomic E-state index is 12.0. The molecular weight excluding hydrogens is 415 g/mol. The lowest BCUT2D eigenvalue weighted by atomic mass is 10.3. The molecule has 0 radical (unpaired) electrons. The van der Waals surface area contributed by atoms with Crippen molar-refractivity contribution in [3.8, 4) is 0 Å². The molecule has 0 atom stereocenters. The molecular formula is C11H8BrIN2OS. The molecule has 3 nitrogen and oxygen atoms in total. The number of amides is 1. The van der Waals surface area contributed by atoms with Gasteiger partial charge in [-0.25, -0.2) is 0 Å². The molecule has 2 rings (SSSR count). The molecule has 0 spiro atoms. The number of thiophene rings is 1. The van der Waals surface area contributed by atoms with Gasteiger partial charge in [0.25, 0.3) is 5.91 Å². The molecule has 0 bridgehead atoms. The SMILES string of the molecule is Nc1ccsc1C(=O)Nc1cc(I)ccc1Br. The molecule has 1 heterocycles. The number of carbonyl (C=O) groups is 1. The quantitative estimate of drug-likeness (QED) is 0.720. The zero-order valence-electron chi connectivity index (χ0n) is 8.54. The first-order valence-electron chi connectivity index (χ1n) is 4.67. The molecule has 0 aliphatic rings. The molecule has 2 aromatic rings. The van der Waals surface area contributed by atoms with E-state index in [2.05, 4.69) is 43.8 Å². The van der Waals surface area contributed by atoms with Gasteiger partial charge >= 0.3 is 0 Å². The molecule has 0 aliphatic carbocycles. The zero-order valence-corrected chi connectivity index (χ0v) is 13.1. The molecule has 1 aromatic heterocycles. The molecule has 3 N–H and O–H groups in total. The Morgan fingerprint density at radius 1 is 1.41 bits per heavy atom. The number of carbonyl (C=O) groups excluding carboxylic acids is 1. The lowest BCUT2D eigenvalue weighted by molar-refractivity contribution is 0.103. The summed E-state index contributed by atoms with van der Waals surface area (Å²) in [6.07, 6.45) is 0. The molecule has 0 aliphatic heterocycles. The van der Waals surface area contributed by atoms with Crippen LogP contribution in [0.1, 0.15) is 9.67 Å². The number of benzene rings is 1. The molecule has 88 valence electrons. The van der Waals surface area contributed by atoms with Gasteiger partial charge in [-0.15, -0.1) is 11.3 Å². The topological polar surface area (TPSA) is 55.1 Å². The Labute approximate surface area is 125 Å². The van der Waals surface area contributed by atoms with E-state index in [9.17, 15) is 4.79 Å². The van der Waals surface area contributed by atoms with Crippen LogP contribution in [0, 0.1) is 3.57 Å². The summed E-state index contributed by atoms with van der Waals surface area (Å²) in [7, 11) is 0. The Morgan fingerprint density at radius 2 is 2.18 bits per heavy atom. The molecule has 0 fully saturated rings. The molecule has 0 unspecified atom stereocenters. The zero-order chi connectivity index (χ0) is 12.4. The van der Waals surface area contributed by atoms with E-state index in [0.717, 1.165) is 13.7 Å². The number of halogens is 2. The summed E-state index contributed by atoms with van der Waals surface area (Å²) in [5.74, 6) is -0.180. The average Bonchev–Trinajstić information content (AvgIpc) is 2.70. The first-order valence-corrected chi connectivity index (χ1v) is 7.42. The van der Waals surface area contributed by atoms with Crippen molar-refractivity contribution >= 4 is 67.1 Å². The molecule has 17 heavy (non-hydrogen) atoms. The van der Waals surface area contributed by atoms with Crippen molar-refractivity contribution in [3.05, 3.63) is 42.6 Å². The Bertz CT molecular complexity index is 570. The van der Waals surface area contributed by atoms with E-state index < -0.39 is 0 Å². The predicted octanol–water partition coefficient (Wildman–Crippen LogP) is 3.95. The van der Waals surface area contributed by atoms with Gasteiger partial charge in [0.05, 0.1) is 11.4 Å². The van der Waals surface area contributed by atoms with E-state index in [0.29, 0.717) is 10.6 Å². The predicted molar refractivity (Wildman–Crippen MR) is 83.5 cm³/mol. The summed E-state index contributed by atoms with van der Waals surface area (Å²) in [6.45, 7) is 0. The average molecular weight is 423 g/mol. The first-order chi connectivity index (χ1) is 8.08. The number of nitrogens with two attached hydrogens (primary N) is 1. The van der Waals surface area contributed by atoms with Gasteiger partial charge in [-0.1, -0.05) is 0 Å². The van der Waals surface area contributed by atoms with E-state index in [1.165, 1.54) is 11.3 Å². The van der Waals surface area contributed by atoms with Crippen LogP contribution in [0.3, 0.4) is 0 Å². The fraction of sp³-hybridized carbons (Fsp3) is 0. The van der Waals surface area contributed by atoms with Gasteiger partial charge in [0, 0.05) is 8.04 Å². The van der Waals surface area contributed by atoms with Gasteiger partial charge in [0.2, 0.25) is 0 Å². The third-order valence-electron chi connectivity index (χ3n) is 2.08. The van der Waals surface area contributed by atoms with Gasteiger partial charge in [-0.05, 0) is 68.2 Å². The summed E-state index contributed by atoms with van der Waals surface area (Å²) < 4.78 is 1.90. The number of nitrogen functional groups attached to an aromatic ring is 1. The highest BCUT2D eigenvalue weighted by molar-refractivity contribution is 14.1. The fourth-order valence-electron chi connectivity index (χ4n) is 1.28. The van der Waals surface area contributed by atoms with Crippen molar-refractivity contribution < 1.29 is 4.79 Å². The van der Waals surface area contributed by atoms with Gasteiger partial charge in [0.1, 0.15) is 4.88 Å². The van der Waals surface area contributed by atoms with Crippen LogP contribution >= 0.6 is 49.9 Å². The minimum absolute atomic E-state index is 0.180. The van der Waals surface area contributed by atoms with E-state index in [-0.39, 0.29) is 5.91 Å². The Kier molecular flexibility index (Phi) is 4.05. The lowest BCUT2D eigenvalue weighted by Crippen LogP contribution is -2.12. The molecule has 1 aromatic carbocycles. The summed E-state index contributed by atoms with van der Waals surface area (Å²) in [6, 6.07) is 7.48. The van der Waals surface area contributed by atoms with Crippen LogP contribution in [-0.4, -0.2) is 5.91 Å². The minimum atomic E-state index is -0.180. The van der Waals surface area contributed by atoms with Crippen LogP contribution in [0.4, 0.5) is 11.4 Å². The number of hydrogen-bond donors (Lipinski definition) is 2. The van der Waals surface area contributed by atoms with Crippen molar-refractivity contribution in [1.82, 2.24) is 0 Å². The Morgan fingerprint density at radius 3 is 2.82 bits per heavy atom. The van der Waals surface area contributed by atoms with Gasteiger partial charge in [0.15, 0.2) is 0 Å². The first kappa shape index (κ1) is 12.8. The maximum atomic E-state index is 12.0. The molecule has 6 heteroatoms. The van der Waals surface area contributed by atoms with Gasteiger partial charge in [-0.2, -0.15) is 0 Å². The minimum Gasteiger partial charge on any atom is -0.397 e. The lowest BCUT2D eigenvalue weighted by Gasteiger charge is -2.07. The van der Waals surface area contributed by atoms with Crippen LogP contribution in [0.5, 0.6) is 0 Å². The second kappa shape index (κ2) is 5.36. The van der Waals surface area contributed by atoms with E-state index >= 15 is 0 Å². The highest BCUT2D eigenvalue weighted by atomic mass is 127. The summed E-state index contributed by atoms with van der Waals surface area (Å²) in [4.78, 5) is 12.5. The second-order valence-corrected chi connectivity index (χ2v) is 6.30. The van der Waals surface area contributed by atoms with Crippen molar-refractivity contribution in [2.45, 2.75) is 0 Å². The van der Waals surface area contributed by atoms with Crippen LogP contribution in [0.25, 0.3) is 0 Å². The molecule has 0 saturated carbocycles. The normalized spacial score (nSPS) is 10.2. The maximum Gasteiger partial charge on any atom is 0.267 e. The number of rotatable bonds is 2. The van der Waals surface area contributed by atoms with Crippen LogP contribution < -0.4 is 11.1 Å². The number of hydrogen-bond acceptors (Lipinski definition) is 3. The number of nitrogens with one attached hydrogen (secondary N) is 1. The molecule has 1 amide bonds. The largest absolute Gasteiger partial charge is 0.397 e. The smallest absolute Gasteiger partial charge is 0.267 e. The highest BCUT2D eigenvalue weighted by Crippen LogP contribution is 2.26. The van der Waals surface area contributed by atoms with Crippen LogP contribution in [0.15, 0.2) is 34.1 Å². The third-order valence-corrected chi connectivity index (χ3v) is 4.37. The van der Waals surface area contributed by atoms with Crippen LogP contribution in [0.2, 0.25) is 0 Å². The monoisotopic (exact) mass is 422 g/mol. The van der Waals surface area contributed by atoms with E-state index in [1.54, 1.807) is 11.4 Å². The fourth-order valence-corrected chi connectivity index (χ4v) is 2.83. The Balaban J connectivity index is 2.24. The summed E-state index contributed by atoms with van der Waals surface area (Å²) in [5.41, 5.74) is 6.95. The number of anilines is 2. The van der Waals surface area contributed by atoms with Crippen molar-refractivity contribution in [2.75, 3.05) is 11.1 Å². The van der Waals surface area contributed by atoms with Crippen LogP contribution in [-0.2, 0) is 0 Å². The highest BCUT2D eigenvalue weighted by Gasteiger charge is 2.12. The summed E-state index contributed by atoms with van der Waals surface area (Å²) in [5, 5.41) is 4.63. The molecule has 0 saturated heterocycles. The second-order valence-electron chi connectivity index (χ2n) is 3.28. The van der Waals surface area contributed by atoms with Gasteiger partial charge < -0.3 is 11.1 Å². The van der Waals surface area contributed by atoms with E-state index in [4.69, 9.17) is 5.73 Å². The van der Waals surface area contributed by atoms with E-state index in [1.807, 2.05) is 18.2 Å². The van der Waals surface area contributed by atoms with Crippen molar-refractivity contribution in [1.29, 1.82) is 0 Å². The standard InChI is InChI=1S/C11H8BrIN2OS/c12-7-2-1-6(13)5-9(7)15-11(16)10-8(14)3-4-17-10/h1-5H,14H2,(H,15,16).